The molecule has 0 amide bonds. The molecule has 0 fully saturated rings. The summed E-state index contributed by atoms with van der Waals surface area (Å²) in [5, 5.41) is 3.50. The average Bonchev–Trinajstić information content (AvgIpc) is 2.62. The summed E-state index contributed by atoms with van der Waals surface area (Å²) in [6, 6.07) is 6.91. The van der Waals surface area contributed by atoms with E-state index in [0.717, 1.165) is 10.8 Å². The topological polar surface area (TPSA) is 13.1 Å². The first-order chi connectivity index (χ1) is 8.08. The predicted octanol–water partition coefficient (Wildman–Crippen LogP) is 6.20. The van der Waals surface area contributed by atoms with Gasteiger partial charge in [0.1, 0.15) is 10.6 Å². The summed E-state index contributed by atoms with van der Waals surface area (Å²) in [6.07, 6.45) is 0. The Morgan fingerprint density at radius 2 is 1.65 bits per heavy atom. The van der Waals surface area contributed by atoms with Gasteiger partial charge in [0, 0.05) is 21.9 Å². The molecule has 0 saturated carbocycles. The summed E-state index contributed by atoms with van der Waals surface area (Å²) < 4.78 is 5.64. The van der Waals surface area contributed by atoms with Crippen molar-refractivity contribution in [2.24, 2.45) is 0 Å². The lowest BCUT2D eigenvalue weighted by atomic mass is 10.1. The van der Waals surface area contributed by atoms with Gasteiger partial charge >= 0.3 is 0 Å². The predicted molar refractivity (Wildman–Crippen MR) is 73.8 cm³/mol. The molecule has 0 spiro atoms. The molecular weight excluding hydrogens is 302 g/mol. The number of rotatable bonds is 0. The minimum atomic E-state index is 0.382. The van der Waals surface area contributed by atoms with Gasteiger partial charge in [-0.2, -0.15) is 0 Å². The zero-order valence-corrected chi connectivity index (χ0v) is 11.3. The SMILES string of the molecule is Clc1cc(Cl)c2c(c1)oc1c(Cl)c(Cl)ccc12. The number of hydrogen-bond donors (Lipinski definition) is 0. The summed E-state index contributed by atoms with van der Waals surface area (Å²) in [5.74, 6) is 0. The molecule has 5 heteroatoms. The van der Waals surface area contributed by atoms with Gasteiger partial charge in [0.05, 0.1) is 10.0 Å². The molecule has 0 radical (unpaired) electrons. The number of benzene rings is 2. The first-order valence-corrected chi connectivity index (χ1v) is 6.24. The third kappa shape index (κ3) is 1.69. The van der Waals surface area contributed by atoms with Crippen LogP contribution in [0.4, 0.5) is 0 Å². The van der Waals surface area contributed by atoms with Gasteiger partial charge < -0.3 is 4.42 Å². The molecule has 2 aromatic carbocycles. The maximum atomic E-state index is 6.15. The van der Waals surface area contributed by atoms with Crippen LogP contribution in [0.1, 0.15) is 0 Å². The van der Waals surface area contributed by atoms with Gasteiger partial charge in [0.2, 0.25) is 0 Å². The second-order valence-electron chi connectivity index (χ2n) is 3.60. The molecule has 0 unspecified atom stereocenters. The van der Waals surface area contributed by atoms with E-state index in [1.54, 1.807) is 18.2 Å². The molecule has 0 bridgehead atoms. The lowest BCUT2D eigenvalue weighted by Gasteiger charge is -1.96. The first-order valence-electron chi connectivity index (χ1n) is 4.73. The Morgan fingerprint density at radius 1 is 0.882 bits per heavy atom. The van der Waals surface area contributed by atoms with Gasteiger partial charge in [-0.25, -0.2) is 0 Å². The van der Waals surface area contributed by atoms with E-state index in [4.69, 9.17) is 50.8 Å². The maximum Gasteiger partial charge on any atom is 0.155 e. The number of halogens is 4. The zero-order chi connectivity index (χ0) is 12.2. The van der Waals surface area contributed by atoms with E-state index in [0.29, 0.717) is 31.3 Å². The monoisotopic (exact) mass is 304 g/mol. The fraction of sp³-hybridized carbons (Fsp3) is 0. The first kappa shape index (κ1) is 11.5. The van der Waals surface area contributed by atoms with E-state index in [1.807, 2.05) is 6.07 Å². The van der Waals surface area contributed by atoms with Crippen molar-refractivity contribution in [2.45, 2.75) is 0 Å². The molecule has 0 aliphatic heterocycles. The molecule has 1 nitrogen and oxygen atoms in total. The van der Waals surface area contributed by atoms with E-state index in [-0.39, 0.29) is 0 Å². The molecule has 3 aromatic rings. The standard InChI is InChI=1S/C12H4Cl4O/c13-5-3-8(15)10-6-1-2-7(14)11(16)12(6)17-9(10)4-5/h1-4H. The maximum absolute atomic E-state index is 6.15. The minimum Gasteiger partial charge on any atom is -0.454 e. The van der Waals surface area contributed by atoms with Crippen LogP contribution in [0.2, 0.25) is 20.1 Å². The molecule has 0 atom stereocenters. The Hall–Kier alpha value is -0.600. The van der Waals surface area contributed by atoms with E-state index in [2.05, 4.69) is 0 Å². The van der Waals surface area contributed by atoms with Crippen LogP contribution < -0.4 is 0 Å². The summed E-state index contributed by atoms with van der Waals surface area (Å²) >= 11 is 24.1. The van der Waals surface area contributed by atoms with Crippen LogP contribution in [0, 0.1) is 0 Å². The van der Waals surface area contributed by atoms with E-state index in [1.165, 1.54) is 0 Å². The van der Waals surface area contributed by atoms with Crippen LogP contribution in [0.5, 0.6) is 0 Å². The van der Waals surface area contributed by atoms with E-state index < -0.39 is 0 Å². The Balaban J connectivity index is 2.59. The van der Waals surface area contributed by atoms with Crippen molar-refractivity contribution in [2.75, 3.05) is 0 Å². The van der Waals surface area contributed by atoms with Gasteiger partial charge in [-0.3, -0.25) is 0 Å². The number of fused-ring (bicyclic) bond motifs is 3. The average molecular weight is 306 g/mol. The summed E-state index contributed by atoms with van der Waals surface area (Å²) in [5.41, 5.74) is 1.13. The van der Waals surface area contributed by atoms with E-state index in [9.17, 15) is 0 Å². The summed E-state index contributed by atoms with van der Waals surface area (Å²) in [7, 11) is 0. The normalized spacial score (nSPS) is 11.5. The Morgan fingerprint density at radius 3 is 2.41 bits per heavy atom. The third-order valence-corrected chi connectivity index (χ3v) is 3.85. The van der Waals surface area contributed by atoms with Crippen molar-refractivity contribution in [1.82, 2.24) is 0 Å². The van der Waals surface area contributed by atoms with Crippen molar-refractivity contribution in [3.63, 3.8) is 0 Å². The lowest BCUT2D eigenvalue weighted by molar-refractivity contribution is 0.669. The van der Waals surface area contributed by atoms with Gasteiger partial charge in [-0.1, -0.05) is 46.4 Å². The molecule has 0 N–H and O–H groups in total. The molecule has 1 heterocycles. The Bertz CT molecular complexity index is 745. The molecule has 1 aromatic heterocycles. The van der Waals surface area contributed by atoms with Crippen LogP contribution in [-0.2, 0) is 0 Å². The molecule has 0 saturated heterocycles. The number of furan rings is 1. The summed E-state index contributed by atoms with van der Waals surface area (Å²) in [4.78, 5) is 0. The number of hydrogen-bond acceptors (Lipinski definition) is 1. The van der Waals surface area contributed by atoms with Gasteiger partial charge in [0.25, 0.3) is 0 Å². The molecule has 0 aliphatic rings. The van der Waals surface area contributed by atoms with Crippen molar-refractivity contribution in [1.29, 1.82) is 0 Å². The van der Waals surface area contributed by atoms with Gasteiger partial charge in [-0.15, -0.1) is 0 Å². The van der Waals surface area contributed by atoms with Crippen molar-refractivity contribution in [3.05, 3.63) is 44.4 Å². The van der Waals surface area contributed by atoms with Crippen LogP contribution in [0.15, 0.2) is 28.7 Å². The highest BCUT2D eigenvalue weighted by Crippen LogP contribution is 2.40. The fourth-order valence-corrected chi connectivity index (χ4v) is 2.76. The van der Waals surface area contributed by atoms with Crippen LogP contribution in [0.3, 0.4) is 0 Å². The molecule has 17 heavy (non-hydrogen) atoms. The highest BCUT2D eigenvalue weighted by Gasteiger charge is 2.15. The van der Waals surface area contributed by atoms with Gasteiger partial charge in [-0.05, 0) is 18.2 Å². The Kier molecular flexibility index (Phi) is 2.68. The largest absolute Gasteiger partial charge is 0.454 e. The highest BCUT2D eigenvalue weighted by atomic mass is 35.5. The quantitative estimate of drug-likeness (QED) is 0.482. The summed E-state index contributed by atoms with van der Waals surface area (Å²) in [6.45, 7) is 0. The zero-order valence-electron chi connectivity index (χ0n) is 8.23. The molecular formula is C12H4Cl4O. The van der Waals surface area contributed by atoms with Crippen LogP contribution >= 0.6 is 46.4 Å². The van der Waals surface area contributed by atoms with Gasteiger partial charge in [0.15, 0.2) is 5.58 Å². The lowest BCUT2D eigenvalue weighted by Crippen LogP contribution is -1.72. The van der Waals surface area contributed by atoms with Crippen molar-refractivity contribution < 1.29 is 4.42 Å². The minimum absolute atomic E-state index is 0.382. The highest BCUT2D eigenvalue weighted by molar-refractivity contribution is 6.46. The second-order valence-corrected chi connectivity index (χ2v) is 5.23. The Labute approximate surface area is 117 Å². The van der Waals surface area contributed by atoms with Crippen LogP contribution in [0.25, 0.3) is 21.9 Å². The third-order valence-electron chi connectivity index (χ3n) is 2.55. The molecule has 3 rings (SSSR count). The van der Waals surface area contributed by atoms with Crippen LogP contribution in [-0.4, -0.2) is 0 Å². The van der Waals surface area contributed by atoms with Crippen molar-refractivity contribution in [3.8, 4) is 0 Å². The molecule has 0 aliphatic carbocycles. The second kappa shape index (κ2) is 3.96. The van der Waals surface area contributed by atoms with Crippen molar-refractivity contribution >= 4 is 68.3 Å². The fourth-order valence-electron chi connectivity index (χ4n) is 1.83. The van der Waals surface area contributed by atoms with E-state index >= 15 is 0 Å². The smallest absolute Gasteiger partial charge is 0.155 e. The molecule has 86 valence electrons.